The van der Waals surface area contributed by atoms with Gasteiger partial charge in [-0.25, -0.2) is 0 Å². The van der Waals surface area contributed by atoms with E-state index in [2.05, 4.69) is 24.1 Å². The summed E-state index contributed by atoms with van der Waals surface area (Å²) in [6.07, 6.45) is 1.79. The van der Waals surface area contributed by atoms with E-state index < -0.39 is 0 Å². The van der Waals surface area contributed by atoms with Gasteiger partial charge < -0.3 is 15.2 Å². The molecule has 0 amide bonds. The molecular formula is C16H20N2O2. The molecule has 0 bridgehead atoms. The number of pyridine rings is 1. The van der Waals surface area contributed by atoms with Gasteiger partial charge in [-0.05, 0) is 43.7 Å². The minimum atomic E-state index is 0.126. The lowest BCUT2D eigenvalue weighted by atomic mass is 10.1. The molecule has 1 aromatic carbocycles. The molecule has 0 aliphatic rings. The van der Waals surface area contributed by atoms with Crippen LogP contribution in [0.15, 0.2) is 42.6 Å². The lowest BCUT2D eigenvalue weighted by Crippen LogP contribution is -2.23. The van der Waals surface area contributed by atoms with Crippen molar-refractivity contribution in [1.29, 1.82) is 0 Å². The van der Waals surface area contributed by atoms with Crippen molar-refractivity contribution in [3.8, 4) is 11.5 Å². The van der Waals surface area contributed by atoms with E-state index in [-0.39, 0.29) is 17.8 Å². The molecule has 2 rings (SSSR count). The van der Waals surface area contributed by atoms with Crippen LogP contribution in [0.5, 0.6) is 11.5 Å². The van der Waals surface area contributed by atoms with Crippen LogP contribution in [0.1, 0.15) is 37.2 Å². The number of benzene rings is 1. The molecule has 2 atom stereocenters. The summed E-state index contributed by atoms with van der Waals surface area (Å²) < 4.78 is 5.14. The Bertz CT molecular complexity index is 558. The summed E-state index contributed by atoms with van der Waals surface area (Å²) in [7, 11) is 1.55. The van der Waals surface area contributed by atoms with Gasteiger partial charge in [0.15, 0.2) is 11.5 Å². The Labute approximate surface area is 119 Å². The third-order valence-corrected chi connectivity index (χ3v) is 3.34. The number of phenols is 1. The quantitative estimate of drug-likeness (QED) is 0.877. The van der Waals surface area contributed by atoms with Crippen molar-refractivity contribution in [2.24, 2.45) is 0 Å². The molecule has 106 valence electrons. The first-order valence-electron chi connectivity index (χ1n) is 6.65. The molecule has 0 aliphatic carbocycles. The molecule has 0 spiro atoms. The van der Waals surface area contributed by atoms with Crippen LogP contribution in [0.3, 0.4) is 0 Å². The SMILES string of the molecule is COc1cc(C(C)N[C@H](C)c2ccccn2)ccc1O. The van der Waals surface area contributed by atoms with Gasteiger partial charge in [0.05, 0.1) is 12.8 Å². The summed E-state index contributed by atoms with van der Waals surface area (Å²) in [4.78, 5) is 4.35. The first kappa shape index (κ1) is 14.3. The highest BCUT2D eigenvalue weighted by Gasteiger charge is 2.13. The Balaban J connectivity index is 2.10. The Morgan fingerprint density at radius 3 is 2.60 bits per heavy atom. The zero-order valence-electron chi connectivity index (χ0n) is 12.0. The van der Waals surface area contributed by atoms with Crippen molar-refractivity contribution >= 4 is 0 Å². The van der Waals surface area contributed by atoms with Gasteiger partial charge in [-0.15, -0.1) is 0 Å². The molecule has 0 radical (unpaired) electrons. The normalized spacial score (nSPS) is 13.8. The van der Waals surface area contributed by atoms with Gasteiger partial charge in [-0.3, -0.25) is 4.98 Å². The summed E-state index contributed by atoms with van der Waals surface area (Å²) in [5.41, 5.74) is 2.06. The molecule has 4 heteroatoms. The molecule has 4 nitrogen and oxygen atoms in total. The average Bonchev–Trinajstić information content (AvgIpc) is 2.48. The monoisotopic (exact) mass is 272 g/mol. The highest BCUT2D eigenvalue weighted by molar-refractivity contribution is 5.42. The summed E-state index contributed by atoms with van der Waals surface area (Å²) in [6, 6.07) is 11.5. The Morgan fingerprint density at radius 1 is 1.15 bits per heavy atom. The summed E-state index contributed by atoms with van der Waals surface area (Å²) in [6.45, 7) is 4.15. The number of hydrogen-bond donors (Lipinski definition) is 2. The molecule has 0 saturated carbocycles. The predicted octanol–water partition coefficient (Wildman–Crippen LogP) is 3.21. The molecular weight excluding hydrogens is 252 g/mol. The molecule has 0 saturated heterocycles. The van der Waals surface area contributed by atoms with Gasteiger partial charge in [0.2, 0.25) is 0 Å². The van der Waals surface area contributed by atoms with Crippen molar-refractivity contribution in [1.82, 2.24) is 10.3 Å². The van der Waals surface area contributed by atoms with Crippen molar-refractivity contribution in [2.45, 2.75) is 25.9 Å². The van der Waals surface area contributed by atoms with Gasteiger partial charge in [-0.2, -0.15) is 0 Å². The number of ether oxygens (including phenoxy) is 1. The summed E-state index contributed by atoms with van der Waals surface area (Å²) in [5, 5.41) is 13.1. The van der Waals surface area contributed by atoms with Crippen LogP contribution in [0.25, 0.3) is 0 Å². The van der Waals surface area contributed by atoms with Crippen LogP contribution >= 0.6 is 0 Å². The number of phenolic OH excluding ortho intramolecular Hbond substituents is 1. The zero-order chi connectivity index (χ0) is 14.5. The Hall–Kier alpha value is -2.07. The smallest absolute Gasteiger partial charge is 0.160 e. The van der Waals surface area contributed by atoms with Crippen LogP contribution < -0.4 is 10.1 Å². The van der Waals surface area contributed by atoms with Crippen LogP contribution in [0.2, 0.25) is 0 Å². The number of nitrogens with zero attached hydrogens (tertiary/aromatic N) is 1. The number of rotatable bonds is 5. The van der Waals surface area contributed by atoms with Crippen LogP contribution in [-0.4, -0.2) is 17.2 Å². The van der Waals surface area contributed by atoms with E-state index in [1.54, 1.807) is 19.4 Å². The van der Waals surface area contributed by atoms with E-state index in [4.69, 9.17) is 4.74 Å². The molecule has 1 unspecified atom stereocenters. The molecule has 1 aromatic heterocycles. The van der Waals surface area contributed by atoms with Crippen molar-refractivity contribution in [3.63, 3.8) is 0 Å². The van der Waals surface area contributed by atoms with Gasteiger partial charge in [0.25, 0.3) is 0 Å². The third-order valence-electron chi connectivity index (χ3n) is 3.34. The fourth-order valence-electron chi connectivity index (χ4n) is 2.15. The van der Waals surface area contributed by atoms with E-state index in [0.29, 0.717) is 5.75 Å². The maximum absolute atomic E-state index is 9.62. The molecule has 20 heavy (non-hydrogen) atoms. The topological polar surface area (TPSA) is 54.4 Å². The third kappa shape index (κ3) is 3.27. The molecule has 0 aliphatic heterocycles. The molecule has 2 aromatic rings. The first-order valence-corrected chi connectivity index (χ1v) is 6.65. The number of aromatic hydroxyl groups is 1. The van der Waals surface area contributed by atoms with E-state index in [9.17, 15) is 5.11 Å². The molecule has 0 fully saturated rings. The van der Waals surface area contributed by atoms with E-state index in [1.807, 2.05) is 30.3 Å². The maximum atomic E-state index is 9.62. The summed E-state index contributed by atoms with van der Waals surface area (Å²) >= 11 is 0. The van der Waals surface area contributed by atoms with Gasteiger partial charge in [0, 0.05) is 18.3 Å². The van der Waals surface area contributed by atoms with Crippen molar-refractivity contribution in [3.05, 3.63) is 53.9 Å². The standard InChI is InChI=1S/C16H20N2O2/c1-11(13-7-8-15(19)16(10-13)20-3)18-12(2)14-6-4-5-9-17-14/h4-12,18-19H,1-3H3/t11?,12-/m1/s1. The number of nitrogens with one attached hydrogen (secondary N) is 1. The Morgan fingerprint density at radius 2 is 1.95 bits per heavy atom. The van der Waals surface area contributed by atoms with Crippen LogP contribution in [0, 0.1) is 0 Å². The van der Waals surface area contributed by atoms with Crippen LogP contribution in [-0.2, 0) is 0 Å². The lowest BCUT2D eigenvalue weighted by Gasteiger charge is -2.20. The van der Waals surface area contributed by atoms with Crippen molar-refractivity contribution < 1.29 is 9.84 Å². The van der Waals surface area contributed by atoms with E-state index in [1.165, 1.54) is 0 Å². The van der Waals surface area contributed by atoms with Gasteiger partial charge in [-0.1, -0.05) is 12.1 Å². The average molecular weight is 272 g/mol. The zero-order valence-corrected chi connectivity index (χ0v) is 12.0. The maximum Gasteiger partial charge on any atom is 0.160 e. The highest BCUT2D eigenvalue weighted by Crippen LogP contribution is 2.29. The second-order valence-electron chi connectivity index (χ2n) is 4.80. The lowest BCUT2D eigenvalue weighted by molar-refractivity contribution is 0.371. The molecule has 1 heterocycles. The van der Waals surface area contributed by atoms with Gasteiger partial charge in [0.1, 0.15) is 0 Å². The van der Waals surface area contributed by atoms with E-state index >= 15 is 0 Å². The number of hydrogen-bond acceptors (Lipinski definition) is 4. The predicted molar refractivity (Wildman–Crippen MR) is 78.9 cm³/mol. The minimum absolute atomic E-state index is 0.126. The van der Waals surface area contributed by atoms with Crippen LogP contribution in [0.4, 0.5) is 0 Å². The fraction of sp³-hybridized carbons (Fsp3) is 0.312. The van der Waals surface area contributed by atoms with Gasteiger partial charge >= 0.3 is 0 Å². The number of aromatic nitrogens is 1. The second kappa shape index (κ2) is 6.39. The second-order valence-corrected chi connectivity index (χ2v) is 4.80. The fourth-order valence-corrected chi connectivity index (χ4v) is 2.15. The summed E-state index contributed by atoms with van der Waals surface area (Å²) in [5.74, 6) is 0.642. The van der Waals surface area contributed by atoms with E-state index in [0.717, 1.165) is 11.3 Å². The largest absolute Gasteiger partial charge is 0.504 e. The highest BCUT2D eigenvalue weighted by atomic mass is 16.5. The first-order chi connectivity index (χ1) is 9.61. The van der Waals surface area contributed by atoms with Crippen molar-refractivity contribution in [2.75, 3.05) is 7.11 Å². The Kier molecular flexibility index (Phi) is 4.58. The molecule has 2 N–H and O–H groups in total. The minimum Gasteiger partial charge on any atom is -0.504 e. The number of methoxy groups -OCH3 is 1.